The van der Waals surface area contributed by atoms with Crippen LogP contribution in [0.25, 0.3) is 0 Å². The van der Waals surface area contributed by atoms with Crippen LogP contribution in [0.1, 0.15) is 26.2 Å². The molecule has 69 valence electrons. The fourth-order valence-electron chi connectivity index (χ4n) is 0.963. The molecule has 0 aliphatic heterocycles. The van der Waals surface area contributed by atoms with E-state index in [-0.39, 0.29) is 0 Å². The first-order valence-corrected chi connectivity index (χ1v) is 5.54. The Morgan fingerprint density at radius 1 is 1.31 bits per heavy atom. The Hall–Kier alpha value is -0.690. The van der Waals surface area contributed by atoms with E-state index >= 15 is 0 Å². The van der Waals surface area contributed by atoms with Gasteiger partial charge in [0.1, 0.15) is 0 Å². The number of thioether (sulfide) groups is 1. The summed E-state index contributed by atoms with van der Waals surface area (Å²) < 4.78 is 0. The summed E-state index contributed by atoms with van der Waals surface area (Å²) in [6.07, 6.45) is 5.80. The number of benzene rings is 1. The van der Waals surface area contributed by atoms with Crippen molar-refractivity contribution in [1.29, 1.82) is 0 Å². The Morgan fingerprint density at radius 2 is 2.08 bits per heavy atom. The minimum absolute atomic E-state index is 1.15. The second kappa shape index (κ2) is 6.79. The van der Waals surface area contributed by atoms with Crippen molar-refractivity contribution < 1.29 is 0 Å². The summed E-state index contributed by atoms with van der Waals surface area (Å²) in [4.78, 5) is 1.26. The van der Waals surface area contributed by atoms with Crippen LogP contribution in [0.5, 0.6) is 0 Å². The normalized spacial score (nSPS) is 10.8. The van der Waals surface area contributed by atoms with Gasteiger partial charge in [-0.25, -0.2) is 0 Å². The largest absolute Gasteiger partial charge is 0.0893 e. The zero-order valence-corrected chi connectivity index (χ0v) is 8.81. The maximum Gasteiger partial charge on any atom is 0.0218 e. The third kappa shape index (κ3) is 4.79. The number of rotatable bonds is 5. The van der Waals surface area contributed by atoms with Crippen LogP contribution in [0.15, 0.2) is 41.3 Å². The molecule has 1 rings (SSSR count). The molecule has 0 atom stereocenters. The summed E-state index contributed by atoms with van der Waals surface area (Å²) in [6, 6.07) is 10.3. The lowest BCUT2D eigenvalue weighted by molar-refractivity contribution is 0.815. The van der Waals surface area contributed by atoms with Gasteiger partial charge < -0.3 is 0 Å². The van der Waals surface area contributed by atoms with E-state index in [9.17, 15) is 0 Å². The highest BCUT2D eigenvalue weighted by molar-refractivity contribution is 8.01. The average molecular weight is 191 g/mol. The van der Waals surface area contributed by atoms with Crippen LogP contribution in [0.3, 0.4) is 0 Å². The lowest BCUT2D eigenvalue weighted by atomic mass is 10.2. The molecule has 0 saturated carbocycles. The first-order chi connectivity index (χ1) is 6.43. The van der Waals surface area contributed by atoms with Gasteiger partial charge in [-0.15, -0.1) is 0 Å². The van der Waals surface area contributed by atoms with Crippen molar-refractivity contribution in [3.05, 3.63) is 41.8 Å². The maximum atomic E-state index is 3.23. The number of allylic oxidation sites excluding steroid dienone is 1. The zero-order valence-electron chi connectivity index (χ0n) is 7.99. The number of hydrogen-bond donors (Lipinski definition) is 0. The van der Waals surface area contributed by atoms with Crippen molar-refractivity contribution in [2.75, 3.05) is 0 Å². The van der Waals surface area contributed by atoms with E-state index in [0.717, 1.165) is 6.42 Å². The third-order valence-electron chi connectivity index (χ3n) is 1.71. The molecule has 1 heteroatoms. The van der Waals surface area contributed by atoms with E-state index in [1.807, 2.05) is 6.07 Å². The van der Waals surface area contributed by atoms with Crippen LogP contribution in [0.2, 0.25) is 0 Å². The van der Waals surface area contributed by atoms with E-state index in [1.165, 1.54) is 17.7 Å². The molecule has 13 heavy (non-hydrogen) atoms. The van der Waals surface area contributed by atoms with Gasteiger partial charge in [0.25, 0.3) is 0 Å². The number of hydrogen-bond acceptors (Lipinski definition) is 1. The Kier molecular flexibility index (Phi) is 5.42. The standard InChI is InChI=1S/C12H15S/c1-2-3-4-8-11-13-12-9-6-5-7-10-12/h5-10H,2-4H2,1H3. The molecular formula is C12H15S. The average Bonchev–Trinajstić information content (AvgIpc) is 2.19. The Balaban J connectivity index is 2.23. The van der Waals surface area contributed by atoms with Crippen LogP contribution in [-0.2, 0) is 0 Å². The molecule has 0 saturated heterocycles. The fraction of sp³-hybridized carbons (Fsp3) is 0.333. The lowest BCUT2D eigenvalue weighted by Crippen LogP contribution is -1.67. The predicted molar refractivity (Wildman–Crippen MR) is 59.6 cm³/mol. The van der Waals surface area contributed by atoms with Gasteiger partial charge >= 0.3 is 0 Å². The Morgan fingerprint density at radius 3 is 2.77 bits per heavy atom. The molecule has 0 nitrogen and oxygen atoms in total. The van der Waals surface area contributed by atoms with Crippen LogP contribution >= 0.6 is 11.8 Å². The monoisotopic (exact) mass is 191 g/mol. The molecule has 0 aromatic heterocycles. The van der Waals surface area contributed by atoms with Crippen molar-refractivity contribution in [2.24, 2.45) is 0 Å². The van der Waals surface area contributed by atoms with Gasteiger partial charge in [0, 0.05) is 10.3 Å². The second-order valence-electron chi connectivity index (χ2n) is 2.88. The maximum absolute atomic E-state index is 3.23. The molecule has 0 fully saturated rings. The zero-order chi connectivity index (χ0) is 9.36. The first-order valence-electron chi connectivity index (χ1n) is 4.72. The molecule has 0 unspecified atom stereocenters. The van der Waals surface area contributed by atoms with Crippen molar-refractivity contribution >= 4 is 11.8 Å². The Bertz CT molecular complexity index is 239. The topological polar surface area (TPSA) is 0 Å². The minimum atomic E-state index is 1.15. The highest BCUT2D eigenvalue weighted by Gasteiger charge is 1.86. The van der Waals surface area contributed by atoms with Crippen LogP contribution in [-0.4, -0.2) is 0 Å². The Labute approximate surface area is 85.1 Å². The van der Waals surface area contributed by atoms with Crippen molar-refractivity contribution in [1.82, 2.24) is 0 Å². The van der Waals surface area contributed by atoms with Crippen molar-refractivity contribution in [3.8, 4) is 0 Å². The first kappa shape index (κ1) is 10.4. The smallest absolute Gasteiger partial charge is 0.0218 e. The molecule has 0 heterocycles. The highest BCUT2D eigenvalue weighted by Crippen LogP contribution is 2.17. The quantitative estimate of drug-likeness (QED) is 0.494. The van der Waals surface area contributed by atoms with E-state index in [1.54, 1.807) is 11.8 Å². The van der Waals surface area contributed by atoms with E-state index in [0.29, 0.717) is 0 Å². The number of unbranched alkanes of at least 4 members (excludes halogenated alkanes) is 2. The second-order valence-corrected chi connectivity index (χ2v) is 3.79. The molecule has 0 amide bonds. The molecule has 0 bridgehead atoms. The van der Waals surface area contributed by atoms with Gasteiger partial charge in [-0.2, -0.15) is 0 Å². The van der Waals surface area contributed by atoms with Gasteiger partial charge in [0.2, 0.25) is 0 Å². The van der Waals surface area contributed by atoms with Gasteiger partial charge in [0.15, 0.2) is 0 Å². The van der Waals surface area contributed by atoms with Gasteiger partial charge in [-0.1, -0.05) is 55.8 Å². The molecule has 0 aliphatic rings. The molecule has 0 aliphatic carbocycles. The molecule has 1 radical (unpaired) electrons. The summed E-state index contributed by atoms with van der Waals surface area (Å²) >= 11 is 1.67. The minimum Gasteiger partial charge on any atom is -0.0893 e. The fourth-order valence-corrected chi connectivity index (χ4v) is 1.59. The summed E-state index contributed by atoms with van der Waals surface area (Å²) in [7, 11) is 0. The predicted octanol–water partition coefficient (Wildman–Crippen LogP) is 4.29. The van der Waals surface area contributed by atoms with E-state index < -0.39 is 0 Å². The SMILES string of the molecule is CCCCC=[C]Sc1ccccc1. The van der Waals surface area contributed by atoms with Gasteiger partial charge in [0.05, 0.1) is 0 Å². The van der Waals surface area contributed by atoms with E-state index in [2.05, 4.69) is 42.7 Å². The summed E-state index contributed by atoms with van der Waals surface area (Å²) in [5.41, 5.74) is 0. The lowest BCUT2D eigenvalue weighted by Gasteiger charge is -1.92. The molecule has 0 spiro atoms. The molecule has 1 aromatic carbocycles. The van der Waals surface area contributed by atoms with Gasteiger partial charge in [-0.05, 0) is 18.6 Å². The highest BCUT2D eigenvalue weighted by atomic mass is 32.2. The van der Waals surface area contributed by atoms with Crippen molar-refractivity contribution in [2.45, 2.75) is 31.1 Å². The molecule has 1 aromatic rings. The van der Waals surface area contributed by atoms with Gasteiger partial charge in [-0.3, -0.25) is 0 Å². The van der Waals surface area contributed by atoms with Crippen LogP contribution in [0.4, 0.5) is 0 Å². The molecular weight excluding hydrogens is 176 g/mol. The van der Waals surface area contributed by atoms with Crippen LogP contribution in [0, 0.1) is 5.41 Å². The summed E-state index contributed by atoms with van der Waals surface area (Å²) in [5, 5.41) is 3.23. The molecule has 0 N–H and O–H groups in total. The summed E-state index contributed by atoms with van der Waals surface area (Å²) in [6.45, 7) is 2.21. The van der Waals surface area contributed by atoms with E-state index in [4.69, 9.17) is 0 Å². The summed E-state index contributed by atoms with van der Waals surface area (Å²) in [5.74, 6) is 0. The van der Waals surface area contributed by atoms with Crippen LogP contribution < -0.4 is 0 Å². The van der Waals surface area contributed by atoms with Crippen molar-refractivity contribution in [3.63, 3.8) is 0 Å². The third-order valence-corrected chi connectivity index (χ3v) is 2.50.